The van der Waals surface area contributed by atoms with E-state index in [9.17, 15) is 4.79 Å². The Morgan fingerprint density at radius 1 is 1.44 bits per heavy atom. The van der Waals surface area contributed by atoms with Gasteiger partial charge in [-0.1, -0.05) is 24.3 Å². The quantitative estimate of drug-likeness (QED) is 0.837. The van der Waals surface area contributed by atoms with Crippen LogP contribution in [0.15, 0.2) is 24.3 Å². The van der Waals surface area contributed by atoms with Crippen molar-refractivity contribution in [3.05, 3.63) is 35.4 Å². The van der Waals surface area contributed by atoms with Gasteiger partial charge in [-0.15, -0.1) is 0 Å². The second kappa shape index (κ2) is 5.53. The van der Waals surface area contributed by atoms with Gasteiger partial charge in [0.25, 0.3) is 0 Å². The minimum atomic E-state index is 0.0362. The van der Waals surface area contributed by atoms with Crippen LogP contribution in [-0.4, -0.2) is 11.9 Å². The number of nitrogens with two attached hydrogens (primary N) is 1. The van der Waals surface area contributed by atoms with E-state index in [-0.39, 0.29) is 18.0 Å². The van der Waals surface area contributed by atoms with Crippen LogP contribution in [0.25, 0.3) is 0 Å². The van der Waals surface area contributed by atoms with Crippen molar-refractivity contribution in [2.24, 2.45) is 11.7 Å². The summed E-state index contributed by atoms with van der Waals surface area (Å²) in [5.74, 6) is 0.634. The van der Waals surface area contributed by atoms with E-state index in [0.29, 0.717) is 12.3 Å². The zero-order chi connectivity index (χ0) is 13.1. The van der Waals surface area contributed by atoms with Crippen molar-refractivity contribution >= 4 is 5.91 Å². The van der Waals surface area contributed by atoms with Crippen molar-refractivity contribution in [3.8, 4) is 0 Å². The largest absolute Gasteiger partial charge is 0.350 e. The maximum atomic E-state index is 11.9. The van der Waals surface area contributed by atoms with Crippen LogP contribution in [0.3, 0.4) is 0 Å². The lowest BCUT2D eigenvalue weighted by molar-refractivity contribution is -0.122. The van der Waals surface area contributed by atoms with Crippen LogP contribution in [0.5, 0.6) is 0 Å². The van der Waals surface area contributed by atoms with Gasteiger partial charge in [-0.05, 0) is 43.7 Å². The monoisotopic (exact) mass is 246 g/mol. The number of aryl methyl sites for hydroxylation is 1. The van der Waals surface area contributed by atoms with Gasteiger partial charge >= 0.3 is 0 Å². The van der Waals surface area contributed by atoms with Gasteiger partial charge in [0.1, 0.15) is 0 Å². The Morgan fingerprint density at radius 3 is 2.72 bits per heavy atom. The van der Waals surface area contributed by atoms with Gasteiger partial charge < -0.3 is 11.1 Å². The number of rotatable bonds is 5. The average Bonchev–Trinajstić information content (AvgIpc) is 3.12. The molecule has 0 heterocycles. The molecule has 0 saturated heterocycles. The zero-order valence-electron chi connectivity index (χ0n) is 11.1. The second-order valence-corrected chi connectivity index (χ2v) is 5.35. The molecule has 1 unspecified atom stereocenters. The molecule has 1 aromatic carbocycles. The molecule has 0 bridgehead atoms. The molecule has 98 valence electrons. The number of hydrogen-bond donors (Lipinski definition) is 2. The van der Waals surface area contributed by atoms with Crippen molar-refractivity contribution in [1.82, 2.24) is 5.32 Å². The van der Waals surface area contributed by atoms with Crippen molar-refractivity contribution < 1.29 is 4.79 Å². The molecule has 3 heteroatoms. The van der Waals surface area contributed by atoms with Crippen LogP contribution in [0.2, 0.25) is 0 Å². The molecule has 0 spiro atoms. The van der Waals surface area contributed by atoms with E-state index in [1.54, 1.807) is 0 Å². The SMILES string of the molecule is Cc1ccccc1[C@H](C)NC(=O)CC(N)C1CC1. The number of carbonyl (C=O) groups excluding carboxylic acids is 1. The number of amides is 1. The molecule has 0 aromatic heterocycles. The first-order valence-corrected chi connectivity index (χ1v) is 6.68. The fraction of sp³-hybridized carbons (Fsp3) is 0.533. The maximum Gasteiger partial charge on any atom is 0.222 e. The second-order valence-electron chi connectivity index (χ2n) is 5.35. The standard InChI is InChI=1S/C15H22N2O/c1-10-5-3-4-6-13(10)11(2)17-15(18)9-14(16)12-7-8-12/h3-6,11-12,14H,7-9,16H2,1-2H3,(H,17,18)/t11-,14?/m0/s1. The Bertz CT molecular complexity index is 426. The van der Waals surface area contributed by atoms with Crippen LogP contribution in [0.4, 0.5) is 0 Å². The average molecular weight is 246 g/mol. The third-order valence-corrected chi connectivity index (χ3v) is 3.68. The maximum absolute atomic E-state index is 11.9. The molecular formula is C15H22N2O. The molecule has 2 rings (SSSR count). The van der Waals surface area contributed by atoms with Crippen molar-refractivity contribution in [2.75, 3.05) is 0 Å². The van der Waals surface area contributed by atoms with E-state index in [4.69, 9.17) is 5.73 Å². The molecule has 18 heavy (non-hydrogen) atoms. The highest BCUT2D eigenvalue weighted by molar-refractivity contribution is 5.77. The van der Waals surface area contributed by atoms with E-state index in [1.165, 1.54) is 24.0 Å². The van der Waals surface area contributed by atoms with Gasteiger partial charge in [0.15, 0.2) is 0 Å². The van der Waals surface area contributed by atoms with E-state index in [1.807, 2.05) is 19.1 Å². The number of hydrogen-bond acceptors (Lipinski definition) is 2. The Kier molecular flexibility index (Phi) is 4.02. The fourth-order valence-electron chi connectivity index (χ4n) is 2.36. The van der Waals surface area contributed by atoms with E-state index < -0.39 is 0 Å². The summed E-state index contributed by atoms with van der Waals surface area (Å²) in [5.41, 5.74) is 8.34. The Labute approximate surface area is 109 Å². The highest BCUT2D eigenvalue weighted by atomic mass is 16.1. The molecule has 0 aliphatic heterocycles. The third kappa shape index (κ3) is 3.33. The number of carbonyl (C=O) groups is 1. The molecule has 3 nitrogen and oxygen atoms in total. The van der Waals surface area contributed by atoms with Crippen LogP contribution in [-0.2, 0) is 4.79 Å². The lowest BCUT2D eigenvalue weighted by atomic mass is 10.0. The van der Waals surface area contributed by atoms with E-state index in [0.717, 1.165) is 0 Å². The predicted molar refractivity (Wildman–Crippen MR) is 73.1 cm³/mol. The summed E-state index contributed by atoms with van der Waals surface area (Å²) in [5, 5.41) is 3.03. The van der Waals surface area contributed by atoms with E-state index >= 15 is 0 Å². The summed E-state index contributed by atoms with van der Waals surface area (Å²) >= 11 is 0. The molecule has 2 atom stereocenters. The first-order chi connectivity index (χ1) is 8.58. The summed E-state index contributed by atoms with van der Waals surface area (Å²) in [6.07, 6.45) is 2.81. The summed E-state index contributed by atoms with van der Waals surface area (Å²) in [7, 11) is 0. The van der Waals surface area contributed by atoms with Crippen LogP contribution in [0, 0.1) is 12.8 Å². The highest BCUT2D eigenvalue weighted by Crippen LogP contribution is 2.32. The van der Waals surface area contributed by atoms with Gasteiger partial charge in [0, 0.05) is 12.5 Å². The van der Waals surface area contributed by atoms with Crippen molar-refractivity contribution in [1.29, 1.82) is 0 Å². The van der Waals surface area contributed by atoms with Crippen molar-refractivity contribution in [2.45, 2.75) is 45.2 Å². The molecule has 1 amide bonds. The van der Waals surface area contributed by atoms with Gasteiger partial charge in [0.2, 0.25) is 5.91 Å². The normalized spacial score (nSPS) is 18.2. The van der Waals surface area contributed by atoms with Gasteiger partial charge in [-0.3, -0.25) is 4.79 Å². The van der Waals surface area contributed by atoms with Crippen LogP contribution < -0.4 is 11.1 Å². The molecule has 0 radical (unpaired) electrons. The Balaban J connectivity index is 1.88. The summed E-state index contributed by atoms with van der Waals surface area (Å²) in [4.78, 5) is 11.9. The van der Waals surface area contributed by atoms with Gasteiger partial charge in [-0.25, -0.2) is 0 Å². The first kappa shape index (κ1) is 13.1. The predicted octanol–water partition coefficient (Wildman–Crippen LogP) is 2.30. The first-order valence-electron chi connectivity index (χ1n) is 6.68. The topological polar surface area (TPSA) is 55.1 Å². The van der Waals surface area contributed by atoms with Gasteiger partial charge in [0.05, 0.1) is 6.04 Å². The third-order valence-electron chi connectivity index (χ3n) is 3.68. The zero-order valence-corrected chi connectivity index (χ0v) is 11.1. The number of nitrogens with one attached hydrogen (secondary N) is 1. The minimum absolute atomic E-state index is 0.0362. The molecule has 1 aliphatic carbocycles. The summed E-state index contributed by atoms with van der Waals surface area (Å²) in [6.45, 7) is 4.08. The fourth-order valence-corrected chi connectivity index (χ4v) is 2.36. The summed E-state index contributed by atoms with van der Waals surface area (Å²) < 4.78 is 0. The molecule has 3 N–H and O–H groups in total. The van der Waals surface area contributed by atoms with Crippen LogP contribution in [0.1, 0.15) is 43.4 Å². The van der Waals surface area contributed by atoms with Gasteiger partial charge in [-0.2, -0.15) is 0 Å². The molecule has 1 saturated carbocycles. The Morgan fingerprint density at radius 2 is 2.11 bits per heavy atom. The lowest BCUT2D eigenvalue weighted by Gasteiger charge is -2.18. The minimum Gasteiger partial charge on any atom is -0.350 e. The van der Waals surface area contributed by atoms with Crippen molar-refractivity contribution in [3.63, 3.8) is 0 Å². The van der Waals surface area contributed by atoms with Crippen LogP contribution >= 0.6 is 0 Å². The smallest absolute Gasteiger partial charge is 0.222 e. The molecule has 1 aromatic rings. The molecular weight excluding hydrogens is 224 g/mol. The van der Waals surface area contributed by atoms with E-state index in [2.05, 4.69) is 24.4 Å². The molecule has 1 fully saturated rings. The molecule has 1 aliphatic rings. The lowest BCUT2D eigenvalue weighted by Crippen LogP contribution is -2.34. The Hall–Kier alpha value is -1.35. The summed E-state index contributed by atoms with van der Waals surface area (Å²) in [6, 6.07) is 8.21. The highest BCUT2D eigenvalue weighted by Gasteiger charge is 2.30. The number of benzene rings is 1.